The van der Waals surface area contributed by atoms with Gasteiger partial charge in [0.05, 0.1) is 11.8 Å². The number of fused-ring (bicyclic) bond motifs is 1. The number of imidazole rings is 1. The van der Waals surface area contributed by atoms with Gasteiger partial charge >= 0.3 is 11.4 Å². The molecule has 0 saturated heterocycles. The molecule has 1 amide bonds. The van der Waals surface area contributed by atoms with Gasteiger partial charge in [0.1, 0.15) is 11.9 Å². The summed E-state index contributed by atoms with van der Waals surface area (Å²) in [5, 5.41) is 25.2. The van der Waals surface area contributed by atoms with Gasteiger partial charge in [-0.15, -0.1) is 0 Å². The zero-order chi connectivity index (χ0) is 19.6. The Morgan fingerprint density at radius 2 is 2.19 bits per heavy atom. The number of aromatic hydroxyl groups is 1. The smallest absolute Gasteiger partial charge is 0.343 e. The molecule has 2 N–H and O–H groups in total. The zero-order valence-corrected chi connectivity index (χ0v) is 13.9. The van der Waals surface area contributed by atoms with E-state index in [2.05, 4.69) is 15.5 Å². The van der Waals surface area contributed by atoms with Crippen LogP contribution in [0.5, 0.6) is 5.75 Å². The van der Waals surface area contributed by atoms with Crippen molar-refractivity contribution in [2.24, 2.45) is 5.10 Å². The fraction of sp³-hybridized carbons (Fsp3) is 0.125. The second kappa shape index (κ2) is 7.07. The van der Waals surface area contributed by atoms with Gasteiger partial charge in [0.25, 0.3) is 5.91 Å². The van der Waals surface area contributed by atoms with Crippen molar-refractivity contribution < 1.29 is 19.2 Å². The van der Waals surface area contributed by atoms with E-state index in [1.54, 1.807) is 6.07 Å². The van der Waals surface area contributed by atoms with E-state index in [-0.39, 0.29) is 29.3 Å². The molecular formula is C16H13N5O6. The van der Waals surface area contributed by atoms with Gasteiger partial charge in [-0.25, -0.2) is 19.8 Å². The van der Waals surface area contributed by atoms with E-state index in [0.717, 1.165) is 17.0 Å². The van der Waals surface area contributed by atoms with Gasteiger partial charge in [0.15, 0.2) is 18.0 Å². The molecule has 0 unspecified atom stereocenters. The summed E-state index contributed by atoms with van der Waals surface area (Å²) in [5.41, 5.74) is 1.81. The number of aromatic nitrogens is 2. The second-order valence-electron chi connectivity index (χ2n) is 5.47. The van der Waals surface area contributed by atoms with Gasteiger partial charge in [-0.05, 0) is 23.1 Å². The van der Waals surface area contributed by atoms with E-state index in [9.17, 15) is 24.8 Å². The first-order valence-corrected chi connectivity index (χ1v) is 7.61. The largest absolute Gasteiger partial charge is 0.507 e. The minimum Gasteiger partial charge on any atom is -0.507 e. The maximum absolute atomic E-state index is 12.0. The molecule has 2 aromatic heterocycles. The number of phenols is 1. The monoisotopic (exact) mass is 371 g/mol. The highest BCUT2D eigenvalue weighted by Crippen LogP contribution is 2.24. The van der Waals surface area contributed by atoms with Gasteiger partial charge in [-0.1, -0.05) is 0 Å². The van der Waals surface area contributed by atoms with Crippen LogP contribution in [0.25, 0.3) is 11.0 Å². The standard InChI is InChI=1S/C16H13N5O6/c1-9-17-7-14(21(25)26)20(9)8-13(23)19-18-6-11-12(22)4-2-10-3-5-15(24)27-16(10)11/h2-7,22H,8H2,1H3,(H,19,23)/b18-6+. The molecule has 0 radical (unpaired) electrons. The van der Waals surface area contributed by atoms with Crippen LogP contribution >= 0.6 is 0 Å². The number of carbonyl (C=O) groups is 1. The molecule has 0 atom stereocenters. The Morgan fingerprint density at radius 3 is 2.93 bits per heavy atom. The molecule has 0 saturated carbocycles. The lowest BCUT2D eigenvalue weighted by Crippen LogP contribution is -2.24. The number of benzene rings is 1. The fourth-order valence-electron chi connectivity index (χ4n) is 2.41. The number of hydrogen-bond acceptors (Lipinski definition) is 8. The van der Waals surface area contributed by atoms with Gasteiger partial charge in [-0.2, -0.15) is 5.10 Å². The first-order valence-electron chi connectivity index (χ1n) is 7.61. The Morgan fingerprint density at radius 1 is 1.44 bits per heavy atom. The molecule has 138 valence electrons. The summed E-state index contributed by atoms with van der Waals surface area (Å²) in [6.45, 7) is 1.16. The average molecular weight is 371 g/mol. The van der Waals surface area contributed by atoms with E-state index >= 15 is 0 Å². The van der Waals surface area contributed by atoms with Crippen LogP contribution in [0.2, 0.25) is 0 Å². The molecule has 11 heteroatoms. The van der Waals surface area contributed by atoms with Crippen LogP contribution in [-0.2, 0) is 11.3 Å². The molecule has 0 fully saturated rings. The number of hydrogen-bond donors (Lipinski definition) is 2. The Labute approximate surface area is 150 Å². The summed E-state index contributed by atoms with van der Waals surface area (Å²) in [6.07, 6.45) is 2.18. The molecule has 3 rings (SSSR count). The Hall–Kier alpha value is -4.02. The molecule has 2 heterocycles. The van der Waals surface area contributed by atoms with Gasteiger partial charge in [-0.3, -0.25) is 4.79 Å². The van der Waals surface area contributed by atoms with E-state index < -0.39 is 16.5 Å². The summed E-state index contributed by atoms with van der Waals surface area (Å²) in [5.74, 6) is -0.859. The summed E-state index contributed by atoms with van der Waals surface area (Å²) < 4.78 is 6.19. The number of nitro groups is 1. The van der Waals surface area contributed by atoms with Gasteiger partial charge in [0, 0.05) is 18.4 Å². The minimum atomic E-state index is -0.646. The van der Waals surface area contributed by atoms with Crippen molar-refractivity contribution in [3.05, 3.63) is 62.4 Å². The van der Waals surface area contributed by atoms with E-state index in [1.165, 1.54) is 25.1 Å². The Kier molecular flexibility index (Phi) is 4.66. The number of carbonyl (C=O) groups excluding carboxylic acids is 1. The van der Waals surface area contributed by atoms with Crippen molar-refractivity contribution in [1.29, 1.82) is 0 Å². The Bertz CT molecular complexity index is 1130. The third kappa shape index (κ3) is 3.66. The van der Waals surface area contributed by atoms with Gasteiger partial charge < -0.3 is 19.6 Å². The number of amides is 1. The lowest BCUT2D eigenvalue weighted by molar-refractivity contribution is -0.392. The van der Waals surface area contributed by atoms with Crippen LogP contribution in [0.3, 0.4) is 0 Å². The maximum atomic E-state index is 12.0. The van der Waals surface area contributed by atoms with E-state index in [1.807, 2.05) is 0 Å². The van der Waals surface area contributed by atoms with Crippen molar-refractivity contribution in [2.75, 3.05) is 0 Å². The van der Waals surface area contributed by atoms with Crippen molar-refractivity contribution in [3.8, 4) is 5.75 Å². The highest BCUT2D eigenvalue weighted by Gasteiger charge is 2.20. The molecule has 0 bridgehead atoms. The normalized spacial score (nSPS) is 11.1. The summed E-state index contributed by atoms with van der Waals surface area (Å²) in [4.78, 5) is 37.5. The average Bonchev–Trinajstić information content (AvgIpc) is 2.98. The van der Waals surface area contributed by atoms with Crippen LogP contribution in [0.15, 0.2) is 44.8 Å². The quantitative estimate of drug-likeness (QED) is 0.294. The number of aryl methyl sites for hydroxylation is 1. The molecular weight excluding hydrogens is 358 g/mol. The predicted octanol–water partition coefficient (Wildman–Crippen LogP) is 1.06. The highest BCUT2D eigenvalue weighted by molar-refractivity contribution is 5.99. The molecule has 11 nitrogen and oxygen atoms in total. The number of rotatable bonds is 5. The lowest BCUT2D eigenvalue weighted by atomic mass is 10.1. The predicted molar refractivity (Wildman–Crippen MR) is 93.5 cm³/mol. The van der Waals surface area contributed by atoms with Crippen LogP contribution in [-0.4, -0.2) is 31.7 Å². The molecule has 0 aliphatic carbocycles. The summed E-state index contributed by atoms with van der Waals surface area (Å²) >= 11 is 0. The summed E-state index contributed by atoms with van der Waals surface area (Å²) in [7, 11) is 0. The highest BCUT2D eigenvalue weighted by atomic mass is 16.6. The van der Waals surface area contributed by atoms with Crippen LogP contribution < -0.4 is 11.1 Å². The lowest BCUT2D eigenvalue weighted by Gasteiger charge is -2.04. The summed E-state index contributed by atoms with van der Waals surface area (Å²) in [6, 6.07) is 5.72. The maximum Gasteiger partial charge on any atom is 0.343 e. The van der Waals surface area contributed by atoms with E-state index in [0.29, 0.717) is 11.2 Å². The van der Waals surface area contributed by atoms with Crippen molar-refractivity contribution >= 4 is 28.9 Å². The van der Waals surface area contributed by atoms with Crippen molar-refractivity contribution in [3.63, 3.8) is 0 Å². The van der Waals surface area contributed by atoms with Crippen LogP contribution in [0, 0.1) is 17.0 Å². The topological polar surface area (TPSA) is 153 Å². The second-order valence-corrected chi connectivity index (χ2v) is 5.47. The first-order chi connectivity index (χ1) is 12.9. The van der Waals surface area contributed by atoms with Crippen LogP contribution in [0.1, 0.15) is 11.4 Å². The van der Waals surface area contributed by atoms with E-state index in [4.69, 9.17) is 4.42 Å². The number of hydrazone groups is 1. The van der Waals surface area contributed by atoms with Crippen molar-refractivity contribution in [1.82, 2.24) is 15.0 Å². The fourth-order valence-corrected chi connectivity index (χ4v) is 2.41. The number of phenolic OH excluding ortho intramolecular Hbond substituents is 1. The molecule has 0 aliphatic rings. The van der Waals surface area contributed by atoms with Gasteiger partial charge in [0.2, 0.25) is 0 Å². The SMILES string of the molecule is Cc1ncc([N+](=O)[O-])n1CC(=O)N/N=C/c1c(O)ccc2ccc(=O)oc12. The number of nitrogens with zero attached hydrogens (tertiary/aromatic N) is 4. The molecule has 3 aromatic rings. The molecule has 1 aromatic carbocycles. The third-order valence-electron chi connectivity index (χ3n) is 3.71. The van der Waals surface area contributed by atoms with Crippen molar-refractivity contribution in [2.45, 2.75) is 13.5 Å². The molecule has 0 spiro atoms. The third-order valence-corrected chi connectivity index (χ3v) is 3.71. The zero-order valence-electron chi connectivity index (χ0n) is 13.9. The minimum absolute atomic E-state index is 0.107. The number of nitrogens with one attached hydrogen (secondary N) is 1. The molecule has 0 aliphatic heterocycles. The molecule has 27 heavy (non-hydrogen) atoms. The Balaban J connectivity index is 1.79. The van der Waals surface area contributed by atoms with Crippen LogP contribution in [0.4, 0.5) is 5.82 Å². The first kappa shape index (κ1) is 17.8.